The Labute approximate surface area is 143 Å². The average molecular weight is 381 g/mol. The minimum Gasteiger partial charge on any atom is -0.443 e. The molecule has 4 nitrogen and oxygen atoms in total. The molecule has 0 radical (unpaired) electrons. The molecule has 0 unspecified atom stereocenters. The second-order valence-corrected chi connectivity index (χ2v) is 6.96. The largest absolute Gasteiger partial charge is 0.443 e. The SMILES string of the molecule is Cc1ccnc(N(C(=O)OC(C)(C)C)c2ccc(F)cc2Br)c1. The Morgan fingerprint density at radius 2 is 1.96 bits per heavy atom. The van der Waals surface area contributed by atoms with Crippen molar-refractivity contribution in [3.8, 4) is 0 Å². The lowest BCUT2D eigenvalue weighted by Crippen LogP contribution is -2.34. The number of hydrogen-bond acceptors (Lipinski definition) is 3. The van der Waals surface area contributed by atoms with E-state index < -0.39 is 17.5 Å². The van der Waals surface area contributed by atoms with E-state index in [0.717, 1.165) is 5.56 Å². The van der Waals surface area contributed by atoms with Gasteiger partial charge in [-0.2, -0.15) is 0 Å². The summed E-state index contributed by atoms with van der Waals surface area (Å²) >= 11 is 3.29. The predicted octanol–water partition coefficient (Wildman–Crippen LogP) is 5.36. The zero-order valence-electron chi connectivity index (χ0n) is 13.4. The molecule has 1 amide bonds. The predicted molar refractivity (Wildman–Crippen MR) is 91.4 cm³/mol. The van der Waals surface area contributed by atoms with Gasteiger partial charge < -0.3 is 4.74 Å². The van der Waals surface area contributed by atoms with Crippen molar-refractivity contribution in [2.45, 2.75) is 33.3 Å². The minimum atomic E-state index is -0.661. The zero-order chi connectivity index (χ0) is 17.2. The zero-order valence-corrected chi connectivity index (χ0v) is 15.0. The van der Waals surface area contributed by atoms with Gasteiger partial charge in [-0.3, -0.25) is 0 Å². The molecule has 0 aliphatic carbocycles. The lowest BCUT2D eigenvalue weighted by Gasteiger charge is -2.27. The van der Waals surface area contributed by atoms with E-state index in [1.807, 2.05) is 13.0 Å². The molecule has 0 spiro atoms. The van der Waals surface area contributed by atoms with Gasteiger partial charge in [-0.1, -0.05) is 0 Å². The third-order valence-electron chi connectivity index (χ3n) is 2.86. The summed E-state index contributed by atoms with van der Waals surface area (Å²) in [5.74, 6) is 0.00789. The standard InChI is InChI=1S/C17H18BrFN2O2/c1-11-7-8-20-15(9-11)21(16(22)23-17(2,3)4)14-6-5-12(19)10-13(14)18/h5-10H,1-4H3. The van der Waals surface area contributed by atoms with Gasteiger partial charge in [0.05, 0.1) is 5.69 Å². The van der Waals surface area contributed by atoms with Crippen LogP contribution in [0.15, 0.2) is 41.0 Å². The van der Waals surface area contributed by atoms with E-state index >= 15 is 0 Å². The summed E-state index contributed by atoms with van der Waals surface area (Å²) in [5.41, 5.74) is 0.742. The summed E-state index contributed by atoms with van der Waals surface area (Å²) in [6.45, 7) is 7.25. The topological polar surface area (TPSA) is 42.4 Å². The van der Waals surface area contributed by atoms with Crippen LogP contribution < -0.4 is 4.90 Å². The van der Waals surface area contributed by atoms with Crippen molar-refractivity contribution in [3.63, 3.8) is 0 Å². The number of benzene rings is 1. The Hall–Kier alpha value is -1.95. The van der Waals surface area contributed by atoms with E-state index in [1.165, 1.54) is 23.1 Å². The first kappa shape index (κ1) is 17.4. The lowest BCUT2D eigenvalue weighted by atomic mass is 10.2. The highest BCUT2D eigenvalue weighted by Gasteiger charge is 2.27. The minimum absolute atomic E-state index is 0.401. The Morgan fingerprint density at radius 3 is 2.52 bits per heavy atom. The van der Waals surface area contributed by atoms with Crippen molar-refractivity contribution in [2.75, 3.05) is 4.90 Å². The molecule has 0 aliphatic heterocycles. The van der Waals surface area contributed by atoms with Gasteiger partial charge >= 0.3 is 6.09 Å². The van der Waals surface area contributed by atoms with Crippen LogP contribution in [0.2, 0.25) is 0 Å². The number of hydrogen-bond donors (Lipinski definition) is 0. The normalized spacial score (nSPS) is 11.2. The Bertz CT molecular complexity index is 729. The van der Waals surface area contributed by atoms with Gasteiger partial charge in [0.1, 0.15) is 17.2 Å². The van der Waals surface area contributed by atoms with Gasteiger partial charge in [0.25, 0.3) is 0 Å². The molecule has 122 valence electrons. The molecule has 23 heavy (non-hydrogen) atoms. The highest BCUT2D eigenvalue weighted by Crippen LogP contribution is 2.33. The van der Waals surface area contributed by atoms with Gasteiger partial charge in [0, 0.05) is 10.7 Å². The number of nitrogens with zero attached hydrogens (tertiary/aromatic N) is 2. The number of aryl methyl sites for hydroxylation is 1. The van der Waals surface area contributed by atoms with E-state index in [1.54, 1.807) is 33.0 Å². The molecule has 1 aromatic heterocycles. The quantitative estimate of drug-likeness (QED) is 0.703. The second kappa shape index (κ2) is 6.66. The molecular weight excluding hydrogens is 363 g/mol. The molecule has 0 saturated heterocycles. The molecular formula is C17H18BrFN2O2. The molecule has 0 bridgehead atoms. The van der Waals surface area contributed by atoms with Crippen LogP contribution in [0.5, 0.6) is 0 Å². The molecule has 0 saturated carbocycles. The molecule has 2 aromatic rings. The number of aromatic nitrogens is 1. The number of carbonyl (C=O) groups is 1. The summed E-state index contributed by atoms with van der Waals surface area (Å²) in [5, 5.41) is 0. The molecule has 2 rings (SSSR count). The van der Waals surface area contributed by atoms with Crippen LogP contribution in [0.1, 0.15) is 26.3 Å². The highest BCUT2D eigenvalue weighted by atomic mass is 79.9. The molecule has 0 atom stereocenters. The number of ether oxygens (including phenoxy) is 1. The fourth-order valence-electron chi connectivity index (χ4n) is 1.93. The van der Waals surface area contributed by atoms with Crippen LogP contribution in [0.4, 0.5) is 20.7 Å². The highest BCUT2D eigenvalue weighted by molar-refractivity contribution is 9.10. The Kier molecular flexibility index (Phi) is 5.04. The van der Waals surface area contributed by atoms with Crippen molar-refractivity contribution in [1.82, 2.24) is 4.98 Å². The van der Waals surface area contributed by atoms with Crippen LogP contribution in [0, 0.1) is 12.7 Å². The van der Waals surface area contributed by atoms with Crippen molar-refractivity contribution in [2.24, 2.45) is 0 Å². The van der Waals surface area contributed by atoms with E-state index in [4.69, 9.17) is 4.74 Å². The van der Waals surface area contributed by atoms with Gasteiger partial charge in [0.15, 0.2) is 0 Å². The molecule has 0 N–H and O–H groups in total. The molecule has 0 aliphatic rings. The summed E-state index contributed by atoms with van der Waals surface area (Å²) in [6, 6.07) is 7.68. The maximum absolute atomic E-state index is 13.4. The van der Waals surface area contributed by atoms with Crippen molar-refractivity contribution >= 4 is 33.5 Å². The summed E-state index contributed by atoms with van der Waals surface area (Å²) < 4.78 is 19.3. The lowest BCUT2D eigenvalue weighted by molar-refractivity contribution is 0.0598. The van der Waals surface area contributed by atoms with Gasteiger partial charge in [-0.05, 0) is 79.5 Å². The molecule has 6 heteroatoms. The number of amides is 1. The maximum atomic E-state index is 13.4. The van der Waals surface area contributed by atoms with Crippen LogP contribution >= 0.6 is 15.9 Å². The second-order valence-electron chi connectivity index (χ2n) is 6.10. The first-order valence-electron chi connectivity index (χ1n) is 7.08. The monoisotopic (exact) mass is 380 g/mol. The van der Waals surface area contributed by atoms with Gasteiger partial charge in [0.2, 0.25) is 0 Å². The summed E-state index contributed by atoms with van der Waals surface area (Å²) in [6.07, 6.45) is 1.03. The average Bonchev–Trinajstić information content (AvgIpc) is 2.39. The van der Waals surface area contributed by atoms with Crippen LogP contribution in [-0.2, 0) is 4.74 Å². The number of carbonyl (C=O) groups excluding carboxylic acids is 1. The van der Waals surface area contributed by atoms with E-state index in [9.17, 15) is 9.18 Å². The Morgan fingerprint density at radius 1 is 1.26 bits per heavy atom. The van der Waals surface area contributed by atoms with E-state index in [2.05, 4.69) is 20.9 Å². The molecule has 1 heterocycles. The van der Waals surface area contributed by atoms with Crippen molar-refractivity contribution in [3.05, 3.63) is 52.4 Å². The molecule has 0 fully saturated rings. The van der Waals surface area contributed by atoms with Crippen molar-refractivity contribution < 1.29 is 13.9 Å². The fraction of sp³-hybridized carbons (Fsp3) is 0.294. The number of pyridine rings is 1. The van der Waals surface area contributed by atoms with E-state index in [-0.39, 0.29) is 0 Å². The first-order valence-corrected chi connectivity index (χ1v) is 7.87. The van der Waals surface area contributed by atoms with Crippen LogP contribution in [-0.4, -0.2) is 16.7 Å². The van der Waals surface area contributed by atoms with Gasteiger partial charge in [-0.15, -0.1) is 0 Å². The molecule has 1 aromatic carbocycles. The van der Waals surface area contributed by atoms with Crippen LogP contribution in [0.3, 0.4) is 0 Å². The third-order valence-corrected chi connectivity index (χ3v) is 3.49. The maximum Gasteiger partial charge on any atom is 0.420 e. The smallest absolute Gasteiger partial charge is 0.420 e. The fourth-order valence-corrected chi connectivity index (χ4v) is 2.46. The third kappa shape index (κ3) is 4.51. The Balaban J connectivity index is 2.53. The first-order chi connectivity index (χ1) is 10.7. The van der Waals surface area contributed by atoms with Gasteiger partial charge in [-0.25, -0.2) is 19.1 Å². The van der Waals surface area contributed by atoms with E-state index in [0.29, 0.717) is 16.0 Å². The van der Waals surface area contributed by atoms with Crippen molar-refractivity contribution in [1.29, 1.82) is 0 Å². The number of rotatable bonds is 2. The number of anilines is 2. The number of halogens is 2. The summed E-state index contributed by atoms with van der Waals surface area (Å²) in [4.78, 5) is 18.2. The summed E-state index contributed by atoms with van der Waals surface area (Å²) in [7, 11) is 0. The van der Waals surface area contributed by atoms with Crippen LogP contribution in [0.25, 0.3) is 0 Å².